The number of aromatic nitrogens is 1. The van der Waals surface area contributed by atoms with E-state index in [4.69, 9.17) is 37.4 Å². The molecule has 0 saturated heterocycles. The second-order valence-corrected chi connectivity index (χ2v) is 9.60. The zero-order chi connectivity index (χ0) is 27.4. The number of carbonyl (C=O) groups excluding carboxylic acids is 2. The van der Waals surface area contributed by atoms with Crippen molar-refractivity contribution in [1.29, 1.82) is 0 Å². The highest BCUT2D eigenvalue weighted by Gasteiger charge is 2.30. The van der Waals surface area contributed by atoms with Crippen molar-refractivity contribution < 1.29 is 23.8 Å². The van der Waals surface area contributed by atoms with Crippen LogP contribution in [0.25, 0.3) is 11.3 Å². The summed E-state index contributed by atoms with van der Waals surface area (Å²) in [7, 11) is 0. The number of amides is 1. The number of fused-ring (bicyclic) bond motifs is 1. The Bertz CT molecular complexity index is 1510. The monoisotopic (exact) mass is 562 g/mol. The molecule has 2 heterocycles. The lowest BCUT2D eigenvalue weighted by Gasteiger charge is -2.25. The fraction of sp³-hybridized carbons (Fsp3) is 0.167. The van der Waals surface area contributed by atoms with Gasteiger partial charge < -0.3 is 19.5 Å². The van der Waals surface area contributed by atoms with Crippen LogP contribution in [0.2, 0.25) is 10.0 Å². The van der Waals surface area contributed by atoms with Gasteiger partial charge in [0.25, 0.3) is 5.91 Å². The number of nitrogens with one attached hydrogen (secondary N) is 1. The second kappa shape index (κ2) is 11.8. The van der Waals surface area contributed by atoms with E-state index in [9.17, 15) is 9.59 Å². The van der Waals surface area contributed by atoms with Crippen molar-refractivity contribution in [3.05, 3.63) is 100 Å². The van der Waals surface area contributed by atoms with Crippen LogP contribution < -0.4 is 14.8 Å². The Labute approximate surface area is 235 Å². The Morgan fingerprint density at radius 3 is 2.54 bits per heavy atom. The maximum Gasteiger partial charge on any atom is 0.313 e. The molecule has 4 aromatic rings. The predicted molar refractivity (Wildman–Crippen MR) is 150 cm³/mol. The highest BCUT2D eigenvalue weighted by molar-refractivity contribution is 6.32. The van der Waals surface area contributed by atoms with E-state index in [-0.39, 0.29) is 11.9 Å². The minimum absolute atomic E-state index is 0.299. The molecule has 0 spiro atoms. The first kappa shape index (κ1) is 26.5. The van der Waals surface area contributed by atoms with Crippen LogP contribution in [0.15, 0.2) is 78.9 Å². The van der Waals surface area contributed by atoms with Crippen LogP contribution in [-0.2, 0) is 9.53 Å². The first-order valence-electron chi connectivity index (χ1n) is 12.4. The van der Waals surface area contributed by atoms with Crippen LogP contribution in [0.3, 0.4) is 0 Å². The van der Waals surface area contributed by atoms with Gasteiger partial charge in [0.1, 0.15) is 23.1 Å². The van der Waals surface area contributed by atoms with Crippen molar-refractivity contribution in [2.75, 3.05) is 18.5 Å². The van der Waals surface area contributed by atoms with Gasteiger partial charge in [0.05, 0.1) is 29.8 Å². The van der Waals surface area contributed by atoms with Crippen molar-refractivity contribution >= 4 is 40.9 Å². The summed E-state index contributed by atoms with van der Waals surface area (Å²) in [5.74, 6) is 0.770. The maximum absolute atomic E-state index is 12.8. The lowest BCUT2D eigenvalue weighted by atomic mass is 9.93. The Balaban J connectivity index is 1.27. The lowest BCUT2D eigenvalue weighted by molar-refractivity contribution is -0.145. The topological polar surface area (TPSA) is 86.8 Å². The number of rotatable bonds is 7. The molecule has 1 atom stereocenters. The van der Waals surface area contributed by atoms with Gasteiger partial charge in [-0.2, -0.15) is 0 Å². The Morgan fingerprint density at radius 1 is 1.03 bits per heavy atom. The number of anilines is 1. The van der Waals surface area contributed by atoms with Gasteiger partial charge in [-0.25, -0.2) is 4.98 Å². The number of benzene rings is 3. The van der Waals surface area contributed by atoms with Crippen LogP contribution in [0.5, 0.6) is 17.2 Å². The normalized spacial score (nSPS) is 14.1. The summed E-state index contributed by atoms with van der Waals surface area (Å²) in [4.78, 5) is 29.7. The van der Waals surface area contributed by atoms with E-state index in [0.717, 1.165) is 5.56 Å². The van der Waals surface area contributed by atoms with Crippen molar-refractivity contribution in [3.63, 3.8) is 0 Å². The Morgan fingerprint density at radius 2 is 1.79 bits per heavy atom. The number of esters is 1. The Kier molecular flexibility index (Phi) is 8.00. The SMILES string of the molecule is CCOC(=O)C1CCOc2cc(Oc3ccc(C(=O)Nc4cccc(-c5ccc(Cl)cc5)n4)cc3)c(Cl)cc21. The van der Waals surface area contributed by atoms with Crippen LogP contribution in [0.4, 0.5) is 5.82 Å². The smallest absolute Gasteiger partial charge is 0.313 e. The summed E-state index contributed by atoms with van der Waals surface area (Å²) in [6, 6.07) is 22.7. The van der Waals surface area contributed by atoms with Gasteiger partial charge in [0.15, 0.2) is 0 Å². The Hall–Kier alpha value is -4.07. The molecular formula is C30H24Cl2N2O5. The fourth-order valence-electron chi connectivity index (χ4n) is 4.23. The molecule has 1 unspecified atom stereocenters. The van der Waals surface area contributed by atoms with Gasteiger partial charge >= 0.3 is 5.97 Å². The largest absolute Gasteiger partial charge is 0.493 e. The molecule has 1 aliphatic rings. The average Bonchev–Trinajstić information content (AvgIpc) is 2.94. The van der Waals surface area contributed by atoms with Crippen LogP contribution in [0.1, 0.15) is 35.2 Å². The quantitative estimate of drug-likeness (QED) is 0.234. The predicted octanol–water partition coefficient (Wildman–Crippen LogP) is 7.53. The van der Waals surface area contributed by atoms with E-state index >= 15 is 0 Å². The number of halogens is 2. The van der Waals surface area contributed by atoms with E-state index in [1.165, 1.54) is 0 Å². The average molecular weight is 563 g/mol. The minimum atomic E-state index is -0.431. The van der Waals surface area contributed by atoms with Crippen LogP contribution in [-0.4, -0.2) is 30.1 Å². The van der Waals surface area contributed by atoms with E-state index in [0.29, 0.717) is 69.6 Å². The summed E-state index contributed by atoms with van der Waals surface area (Å²) >= 11 is 12.5. The summed E-state index contributed by atoms with van der Waals surface area (Å²) in [5, 5.41) is 3.80. The molecule has 5 rings (SSSR count). The maximum atomic E-state index is 12.8. The van der Waals surface area contributed by atoms with Gasteiger partial charge in [-0.3, -0.25) is 9.59 Å². The molecule has 39 heavy (non-hydrogen) atoms. The third-order valence-corrected chi connectivity index (χ3v) is 6.70. The van der Waals surface area contributed by atoms with Crippen LogP contribution >= 0.6 is 23.2 Å². The molecule has 0 aliphatic carbocycles. The van der Waals surface area contributed by atoms with Crippen LogP contribution in [0, 0.1) is 0 Å². The van der Waals surface area contributed by atoms with Gasteiger partial charge in [-0.05, 0) is 67.9 Å². The number of carbonyl (C=O) groups is 2. The number of pyridine rings is 1. The number of ether oxygens (including phenoxy) is 3. The first-order chi connectivity index (χ1) is 18.9. The van der Waals surface area contributed by atoms with Crippen molar-refractivity contribution in [1.82, 2.24) is 4.98 Å². The second-order valence-electron chi connectivity index (χ2n) is 8.76. The fourth-order valence-corrected chi connectivity index (χ4v) is 4.57. The molecule has 1 amide bonds. The summed E-state index contributed by atoms with van der Waals surface area (Å²) in [5.41, 5.74) is 2.71. The summed E-state index contributed by atoms with van der Waals surface area (Å²) in [6.07, 6.45) is 0.521. The van der Waals surface area contributed by atoms with E-state index in [2.05, 4.69) is 10.3 Å². The van der Waals surface area contributed by atoms with Crippen molar-refractivity contribution in [3.8, 4) is 28.5 Å². The number of hydrogen-bond acceptors (Lipinski definition) is 6. The van der Waals surface area contributed by atoms with E-state index in [1.807, 2.05) is 24.3 Å². The van der Waals surface area contributed by atoms with Crippen molar-refractivity contribution in [2.24, 2.45) is 0 Å². The zero-order valence-electron chi connectivity index (χ0n) is 20.9. The van der Waals surface area contributed by atoms with E-state index in [1.54, 1.807) is 61.5 Å². The zero-order valence-corrected chi connectivity index (χ0v) is 22.5. The van der Waals surface area contributed by atoms with E-state index < -0.39 is 5.92 Å². The highest BCUT2D eigenvalue weighted by atomic mass is 35.5. The lowest BCUT2D eigenvalue weighted by Crippen LogP contribution is -2.23. The molecule has 0 saturated carbocycles. The highest BCUT2D eigenvalue weighted by Crippen LogP contribution is 2.42. The third-order valence-electron chi connectivity index (χ3n) is 6.15. The van der Waals surface area contributed by atoms with Gasteiger partial charge in [-0.15, -0.1) is 0 Å². The first-order valence-corrected chi connectivity index (χ1v) is 13.1. The van der Waals surface area contributed by atoms with Gasteiger partial charge in [0, 0.05) is 27.8 Å². The molecule has 7 nitrogen and oxygen atoms in total. The third kappa shape index (κ3) is 6.16. The summed E-state index contributed by atoms with van der Waals surface area (Å²) < 4.78 is 16.9. The minimum Gasteiger partial charge on any atom is -0.493 e. The molecule has 1 aromatic heterocycles. The molecule has 198 valence electrons. The number of nitrogens with zero attached hydrogens (tertiary/aromatic N) is 1. The molecule has 0 radical (unpaired) electrons. The molecule has 1 aliphatic heterocycles. The molecule has 1 N–H and O–H groups in total. The summed E-state index contributed by atoms with van der Waals surface area (Å²) in [6.45, 7) is 2.47. The standard InChI is InChI=1S/C30H24Cl2N2O5/c1-2-37-30(36)22-14-15-38-26-17-27(24(32)16-23(22)26)39-21-12-8-19(9-13-21)29(35)34-28-5-3-4-25(33-28)18-6-10-20(31)11-7-18/h3-13,16-17,22H,2,14-15H2,1H3,(H,33,34,35). The van der Waals surface area contributed by atoms with Gasteiger partial charge in [-0.1, -0.05) is 41.4 Å². The van der Waals surface area contributed by atoms with Gasteiger partial charge in [0.2, 0.25) is 0 Å². The molecule has 3 aromatic carbocycles. The molecule has 0 fully saturated rings. The molecule has 0 bridgehead atoms. The molecular weight excluding hydrogens is 539 g/mol. The number of hydrogen-bond donors (Lipinski definition) is 1. The van der Waals surface area contributed by atoms with Crippen molar-refractivity contribution in [2.45, 2.75) is 19.3 Å². The molecule has 9 heteroatoms.